The Morgan fingerprint density at radius 1 is 1.79 bits per heavy atom. The van der Waals surface area contributed by atoms with E-state index in [2.05, 4.69) is 41.6 Å². The number of allylic oxidation sites excluding steroid dienone is 4. The van der Waals surface area contributed by atoms with Gasteiger partial charge in [-0.05, 0) is 13.3 Å². The van der Waals surface area contributed by atoms with Crippen LogP contribution >= 0.6 is 39.3 Å². The molecule has 0 aliphatic heterocycles. The summed E-state index contributed by atoms with van der Waals surface area (Å²) in [6.45, 7) is 5.94. The van der Waals surface area contributed by atoms with Crippen LogP contribution in [0.3, 0.4) is 0 Å². The summed E-state index contributed by atoms with van der Waals surface area (Å²) in [5, 5.41) is 0.973. The predicted octanol–water partition coefficient (Wildman–Crippen LogP) is 4.86. The van der Waals surface area contributed by atoms with E-state index in [0.29, 0.717) is 4.83 Å². The third kappa shape index (κ3) is 4.24. The third-order valence-corrected chi connectivity index (χ3v) is 4.09. The Balaban J connectivity index is 2.41. The van der Waals surface area contributed by atoms with Crippen molar-refractivity contribution in [1.82, 2.24) is 0 Å². The van der Waals surface area contributed by atoms with Gasteiger partial charge < -0.3 is 0 Å². The van der Waals surface area contributed by atoms with Crippen LogP contribution in [0.4, 0.5) is 0 Å². The maximum atomic E-state index is 6.15. The molecule has 0 radical (unpaired) electrons. The van der Waals surface area contributed by atoms with Crippen molar-refractivity contribution in [3.8, 4) is 0 Å². The Hall–Kier alpha value is 0.340. The predicted molar refractivity (Wildman–Crippen MR) is 71.2 cm³/mol. The summed E-state index contributed by atoms with van der Waals surface area (Å²) in [6, 6.07) is 0. The molecular weight excluding hydrogens is 280 g/mol. The largest absolute Gasteiger partial charge is 0.125 e. The average molecular weight is 294 g/mol. The lowest BCUT2D eigenvalue weighted by atomic mass is 10.2. The Kier molecular flexibility index (Phi) is 5.35. The number of hydrogen-bond donors (Lipinski definition) is 0. The maximum Gasteiger partial charge on any atom is 0.0378 e. The monoisotopic (exact) mass is 292 g/mol. The maximum absolute atomic E-state index is 6.15. The molecule has 1 unspecified atom stereocenters. The average Bonchev–Trinajstić information content (AvgIpc) is 2.08. The zero-order valence-corrected chi connectivity index (χ0v) is 11.4. The van der Waals surface area contributed by atoms with E-state index >= 15 is 0 Å². The molecule has 3 heteroatoms. The molecule has 1 atom stereocenters. The van der Waals surface area contributed by atoms with Crippen LogP contribution in [-0.4, -0.2) is 10.6 Å². The molecule has 0 nitrogen and oxygen atoms in total. The van der Waals surface area contributed by atoms with Gasteiger partial charge in [-0.1, -0.05) is 45.3 Å². The lowest BCUT2D eigenvalue weighted by molar-refractivity contribution is 1.05. The van der Waals surface area contributed by atoms with Crippen LogP contribution < -0.4 is 0 Å². The molecule has 78 valence electrons. The Bertz CT molecular complexity index is 281. The summed E-state index contributed by atoms with van der Waals surface area (Å²) >= 11 is 11.5. The molecule has 0 saturated heterocycles. The summed E-state index contributed by atoms with van der Waals surface area (Å²) in [4.78, 5) is 1.61. The van der Waals surface area contributed by atoms with Crippen molar-refractivity contribution >= 4 is 39.3 Å². The van der Waals surface area contributed by atoms with Gasteiger partial charge in [-0.2, -0.15) is 0 Å². The first-order valence-corrected chi connectivity index (χ1v) is 6.85. The molecule has 0 spiro atoms. The van der Waals surface area contributed by atoms with Crippen molar-refractivity contribution in [3.05, 3.63) is 34.2 Å². The van der Waals surface area contributed by atoms with E-state index in [1.165, 1.54) is 10.5 Å². The van der Waals surface area contributed by atoms with Gasteiger partial charge in [-0.15, -0.1) is 18.3 Å². The lowest BCUT2D eigenvalue weighted by Gasteiger charge is -2.13. The van der Waals surface area contributed by atoms with Crippen LogP contribution in [0.2, 0.25) is 0 Å². The quantitative estimate of drug-likeness (QED) is 0.527. The number of hydrogen-bond acceptors (Lipinski definition) is 1. The van der Waals surface area contributed by atoms with Gasteiger partial charge in [0, 0.05) is 26.9 Å². The molecule has 14 heavy (non-hydrogen) atoms. The van der Waals surface area contributed by atoms with Gasteiger partial charge in [0.25, 0.3) is 0 Å². The molecular formula is C11H14BrClS. The normalized spacial score (nSPS) is 21.5. The summed E-state index contributed by atoms with van der Waals surface area (Å²) in [5.41, 5.74) is 1.23. The molecule has 0 aromatic rings. The van der Waals surface area contributed by atoms with E-state index in [4.69, 9.17) is 11.6 Å². The highest BCUT2D eigenvalue weighted by atomic mass is 79.9. The fourth-order valence-corrected chi connectivity index (χ4v) is 3.22. The van der Waals surface area contributed by atoms with Crippen LogP contribution in [-0.2, 0) is 0 Å². The van der Waals surface area contributed by atoms with E-state index in [-0.39, 0.29) is 0 Å². The van der Waals surface area contributed by atoms with E-state index in [1.54, 1.807) is 0 Å². The van der Waals surface area contributed by atoms with Gasteiger partial charge in [-0.3, -0.25) is 0 Å². The molecule has 1 rings (SSSR count). The number of alkyl halides is 1. The second kappa shape index (κ2) is 6.04. The minimum Gasteiger partial charge on any atom is -0.125 e. The van der Waals surface area contributed by atoms with Crippen LogP contribution in [0.25, 0.3) is 0 Å². The highest BCUT2D eigenvalue weighted by Gasteiger charge is 2.12. The fraction of sp³-hybridized carbons (Fsp3) is 0.455. The first-order valence-electron chi connectivity index (χ1n) is 4.57. The van der Waals surface area contributed by atoms with Gasteiger partial charge in [0.2, 0.25) is 0 Å². The molecule has 1 aliphatic rings. The molecule has 0 aromatic heterocycles. The van der Waals surface area contributed by atoms with Gasteiger partial charge in [0.15, 0.2) is 0 Å². The van der Waals surface area contributed by atoms with Gasteiger partial charge >= 0.3 is 0 Å². The molecule has 0 bridgehead atoms. The Morgan fingerprint density at radius 2 is 2.50 bits per heavy atom. The molecule has 0 saturated carbocycles. The standard InChI is InChI=1S/C11H14BrClS/c1-8(2)5-6-14-11-4-3-9(12)7-10(11)13/h3-4,9H,1,5-7H2,2H3. The zero-order valence-electron chi connectivity index (χ0n) is 8.22. The van der Waals surface area contributed by atoms with Crippen LogP contribution in [0.5, 0.6) is 0 Å². The lowest BCUT2D eigenvalue weighted by Crippen LogP contribution is -1.99. The molecule has 0 N–H and O–H groups in total. The summed E-state index contributed by atoms with van der Waals surface area (Å²) < 4.78 is 0. The van der Waals surface area contributed by atoms with E-state index in [1.807, 2.05) is 11.8 Å². The van der Waals surface area contributed by atoms with Crippen molar-refractivity contribution < 1.29 is 0 Å². The topological polar surface area (TPSA) is 0 Å². The van der Waals surface area contributed by atoms with Gasteiger partial charge in [0.05, 0.1) is 0 Å². The van der Waals surface area contributed by atoms with E-state index < -0.39 is 0 Å². The van der Waals surface area contributed by atoms with Gasteiger partial charge in [-0.25, -0.2) is 0 Å². The van der Waals surface area contributed by atoms with Crippen LogP contribution in [0.1, 0.15) is 19.8 Å². The van der Waals surface area contributed by atoms with Crippen molar-refractivity contribution in [2.75, 3.05) is 5.75 Å². The minimum absolute atomic E-state index is 0.403. The first kappa shape index (κ1) is 12.4. The number of halogens is 2. The Labute approximate surface area is 104 Å². The zero-order chi connectivity index (χ0) is 10.6. The first-order chi connectivity index (χ1) is 6.59. The van der Waals surface area contributed by atoms with Crippen molar-refractivity contribution in [3.63, 3.8) is 0 Å². The summed E-state index contributed by atoms with van der Waals surface area (Å²) in [7, 11) is 0. The van der Waals surface area contributed by atoms with Gasteiger partial charge in [0.1, 0.15) is 0 Å². The molecule has 1 aliphatic carbocycles. The molecule has 0 heterocycles. The molecule has 0 fully saturated rings. The molecule has 0 amide bonds. The fourth-order valence-electron chi connectivity index (χ4n) is 1.08. The van der Waals surface area contributed by atoms with Crippen molar-refractivity contribution in [2.45, 2.75) is 24.6 Å². The smallest absolute Gasteiger partial charge is 0.0378 e. The molecule has 0 aromatic carbocycles. The second-order valence-corrected chi connectivity index (χ2v) is 6.17. The highest BCUT2D eigenvalue weighted by Crippen LogP contribution is 2.33. The van der Waals surface area contributed by atoms with Crippen LogP contribution in [0.15, 0.2) is 34.2 Å². The number of thioether (sulfide) groups is 1. The summed E-state index contributed by atoms with van der Waals surface area (Å²) in [5.74, 6) is 1.07. The Morgan fingerprint density at radius 3 is 3.07 bits per heavy atom. The second-order valence-electron chi connectivity index (χ2n) is 3.40. The van der Waals surface area contributed by atoms with Crippen molar-refractivity contribution in [2.24, 2.45) is 0 Å². The number of rotatable bonds is 4. The minimum atomic E-state index is 0.403. The van der Waals surface area contributed by atoms with Crippen molar-refractivity contribution in [1.29, 1.82) is 0 Å². The third-order valence-electron chi connectivity index (χ3n) is 1.88. The van der Waals surface area contributed by atoms with Crippen LogP contribution in [0, 0.1) is 0 Å². The van der Waals surface area contributed by atoms with E-state index in [9.17, 15) is 0 Å². The van der Waals surface area contributed by atoms with E-state index in [0.717, 1.165) is 23.6 Å². The SMILES string of the molecule is C=C(C)CCSC1=C(Cl)CC(Br)C=C1. The summed E-state index contributed by atoms with van der Waals surface area (Å²) in [6.07, 6.45) is 6.22. The highest BCUT2D eigenvalue weighted by molar-refractivity contribution is 9.09.